The third-order valence-corrected chi connectivity index (χ3v) is 4.12. The number of imidazole rings is 1. The molecule has 118 valence electrons. The van der Waals surface area contributed by atoms with Crippen molar-refractivity contribution in [2.75, 3.05) is 13.2 Å². The van der Waals surface area contributed by atoms with Crippen LogP contribution in [0.5, 0.6) is 11.6 Å². The molecule has 3 heterocycles. The number of aryl methyl sites for hydroxylation is 1. The van der Waals surface area contributed by atoms with Gasteiger partial charge in [-0.25, -0.2) is 15.0 Å². The molecule has 3 aromatic rings. The number of rotatable bonds is 3. The van der Waals surface area contributed by atoms with Gasteiger partial charge < -0.3 is 14.5 Å². The molecule has 6 nitrogen and oxygen atoms in total. The first kappa shape index (κ1) is 14.4. The van der Waals surface area contributed by atoms with Crippen LogP contribution in [0.25, 0.3) is 11.0 Å². The Labute approximate surface area is 137 Å². The maximum Gasteiger partial charge on any atom is 0.223 e. The van der Waals surface area contributed by atoms with Gasteiger partial charge in [0.15, 0.2) is 0 Å². The number of hydrogen-bond acceptors (Lipinski definition) is 5. The molecule has 0 radical (unpaired) electrons. The van der Waals surface area contributed by atoms with E-state index < -0.39 is 0 Å². The van der Waals surface area contributed by atoms with Crippen molar-refractivity contribution in [1.82, 2.24) is 19.9 Å². The average Bonchev–Trinajstić information content (AvgIpc) is 3.16. The molecule has 1 unspecified atom stereocenters. The van der Waals surface area contributed by atoms with Crippen molar-refractivity contribution < 1.29 is 9.47 Å². The van der Waals surface area contributed by atoms with Crippen molar-refractivity contribution in [3.8, 4) is 11.6 Å². The molecule has 7 heteroatoms. The van der Waals surface area contributed by atoms with Crippen molar-refractivity contribution in [2.45, 2.75) is 19.3 Å². The molecule has 1 aromatic carbocycles. The molecule has 1 atom stereocenters. The van der Waals surface area contributed by atoms with E-state index in [4.69, 9.17) is 26.1 Å². The van der Waals surface area contributed by atoms with Crippen molar-refractivity contribution in [2.24, 2.45) is 0 Å². The van der Waals surface area contributed by atoms with Crippen LogP contribution in [0.4, 0.5) is 0 Å². The summed E-state index contributed by atoms with van der Waals surface area (Å²) in [4.78, 5) is 16.0. The van der Waals surface area contributed by atoms with Crippen LogP contribution in [0.1, 0.15) is 23.7 Å². The topological polar surface area (TPSA) is 72.9 Å². The van der Waals surface area contributed by atoms with Gasteiger partial charge in [0.2, 0.25) is 5.88 Å². The molecule has 0 aliphatic carbocycles. The first-order valence-corrected chi connectivity index (χ1v) is 7.80. The van der Waals surface area contributed by atoms with Gasteiger partial charge in [-0.15, -0.1) is 0 Å². The lowest BCUT2D eigenvalue weighted by molar-refractivity contribution is 0.193. The fourth-order valence-electron chi connectivity index (χ4n) is 2.77. The van der Waals surface area contributed by atoms with Crippen molar-refractivity contribution in [1.29, 1.82) is 0 Å². The molecule has 2 aromatic heterocycles. The van der Waals surface area contributed by atoms with E-state index in [0.717, 1.165) is 42.1 Å². The summed E-state index contributed by atoms with van der Waals surface area (Å²) >= 11 is 5.85. The largest absolute Gasteiger partial charge is 0.439 e. The summed E-state index contributed by atoms with van der Waals surface area (Å²) in [6.07, 6.45) is 2.37. The van der Waals surface area contributed by atoms with Gasteiger partial charge >= 0.3 is 0 Å². The summed E-state index contributed by atoms with van der Waals surface area (Å²) in [5.41, 5.74) is 2.95. The minimum atomic E-state index is 0.340. The highest BCUT2D eigenvalue weighted by molar-refractivity contribution is 6.29. The van der Waals surface area contributed by atoms with Crippen LogP contribution in [0.2, 0.25) is 5.15 Å². The Bertz CT molecular complexity index is 858. The number of fused-ring (bicyclic) bond motifs is 1. The molecule has 0 spiro atoms. The summed E-state index contributed by atoms with van der Waals surface area (Å²) in [5, 5.41) is 0.345. The van der Waals surface area contributed by atoms with Gasteiger partial charge in [-0.3, -0.25) is 0 Å². The fourth-order valence-corrected chi connectivity index (χ4v) is 2.91. The van der Waals surface area contributed by atoms with E-state index in [1.807, 2.05) is 19.1 Å². The predicted molar refractivity (Wildman–Crippen MR) is 86.1 cm³/mol. The molecule has 0 saturated carbocycles. The summed E-state index contributed by atoms with van der Waals surface area (Å²) in [6, 6.07) is 5.44. The smallest absolute Gasteiger partial charge is 0.223 e. The third kappa shape index (κ3) is 2.87. The predicted octanol–water partition coefficient (Wildman–Crippen LogP) is 3.61. The van der Waals surface area contributed by atoms with Crippen LogP contribution >= 0.6 is 11.6 Å². The second-order valence-corrected chi connectivity index (χ2v) is 5.99. The molecule has 1 fully saturated rings. The third-order valence-electron chi connectivity index (χ3n) is 3.92. The van der Waals surface area contributed by atoms with Crippen LogP contribution in [0.15, 0.2) is 24.5 Å². The summed E-state index contributed by atoms with van der Waals surface area (Å²) in [7, 11) is 0. The Morgan fingerprint density at radius 3 is 3.00 bits per heavy atom. The number of aromatic nitrogens is 4. The van der Waals surface area contributed by atoms with Crippen LogP contribution < -0.4 is 4.74 Å². The second kappa shape index (κ2) is 5.79. The number of hydrogen-bond donors (Lipinski definition) is 1. The van der Waals surface area contributed by atoms with Gasteiger partial charge in [0, 0.05) is 24.7 Å². The molecule has 4 rings (SSSR count). The lowest BCUT2D eigenvalue weighted by atomic mass is 10.1. The Kier molecular flexibility index (Phi) is 3.63. The number of benzene rings is 1. The van der Waals surface area contributed by atoms with Crippen LogP contribution in [0, 0.1) is 6.92 Å². The number of ether oxygens (including phenoxy) is 2. The first-order valence-electron chi connectivity index (χ1n) is 7.42. The number of aromatic amines is 1. The minimum Gasteiger partial charge on any atom is -0.439 e. The van der Waals surface area contributed by atoms with Crippen molar-refractivity contribution >= 4 is 22.6 Å². The molecule has 1 aliphatic heterocycles. The van der Waals surface area contributed by atoms with Gasteiger partial charge in [-0.2, -0.15) is 0 Å². The molecule has 1 N–H and O–H groups in total. The van der Waals surface area contributed by atoms with Crippen LogP contribution in [0.3, 0.4) is 0 Å². The number of H-pyrrole nitrogens is 1. The quantitative estimate of drug-likeness (QED) is 0.743. The number of nitrogens with zero attached hydrogens (tertiary/aromatic N) is 3. The van der Waals surface area contributed by atoms with Crippen LogP contribution in [-0.4, -0.2) is 33.1 Å². The van der Waals surface area contributed by atoms with E-state index in [0.29, 0.717) is 22.7 Å². The lowest BCUT2D eigenvalue weighted by Crippen LogP contribution is -1.99. The van der Waals surface area contributed by atoms with Gasteiger partial charge in [-0.1, -0.05) is 11.6 Å². The lowest BCUT2D eigenvalue weighted by Gasteiger charge is -2.05. The van der Waals surface area contributed by atoms with Gasteiger partial charge in [-0.05, 0) is 25.0 Å². The number of nitrogens with one attached hydrogen (secondary N) is 1. The van der Waals surface area contributed by atoms with Gasteiger partial charge in [0.25, 0.3) is 0 Å². The Balaban J connectivity index is 1.68. The van der Waals surface area contributed by atoms with Gasteiger partial charge in [0.1, 0.15) is 23.1 Å². The molecule has 0 bridgehead atoms. The van der Waals surface area contributed by atoms with E-state index in [9.17, 15) is 0 Å². The Hall–Kier alpha value is -2.18. The highest BCUT2D eigenvalue weighted by Gasteiger charge is 2.21. The maximum absolute atomic E-state index is 5.85. The zero-order chi connectivity index (χ0) is 15.8. The molecule has 23 heavy (non-hydrogen) atoms. The molecule has 1 saturated heterocycles. The van der Waals surface area contributed by atoms with E-state index in [1.54, 1.807) is 6.07 Å². The zero-order valence-corrected chi connectivity index (χ0v) is 13.3. The highest BCUT2D eigenvalue weighted by atomic mass is 35.5. The van der Waals surface area contributed by atoms with Crippen molar-refractivity contribution in [3.63, 3.8) is 0 Å². The molecule has 0 amide bonds. The normalized spacial score (nSPS) is 17.7. The monoisotopic (exact) mass is 330 g/mol. The first-order chi connectivity index (χ1) is 11.2. The second-order valence-electron chi connectivity index (χ2n) is 5.60. The number of halogens is 1. The van der Waals surface area contributed by atoms with Gasteiger partial charge in [0.05, 0.1) is 17.6 Å². The summed E-state index contributed by atoms with van der Waals surface area (Å²) in [6.45, 7) is 3.53. The highest BCUT2D eigenvalue weighted by Crippen LogP contribution is 2.30. The molecular formula is C16H15ClN4O2. The Morgan fingerprint density at radius 1 is 1.30 bits per heavy atom. The standard InChI is InChI=1S/C16H15ClN4O2/c1-9-4-11(23-14-6-13(17)18-8-19-14)5-12-15(9)21-16(20-12)10-2-3-22-7-10/h4-6,8,10H,2-3,7H2,1H3,(H,20,21). The summed E-state index contributed by atoms with van der Waals surface area (Å²) < 4.78 is 11.2. The maximum atomic E-state index is 5.85. The van der Waals surface area contributed by atoms with E-state index in [-0.39, 0.29) is 0 Å². The molecular weight excluding hydrogens is 316 g/mol. The average molecular weight is 331 g/mol. The van der Waals surface area contributed by atoms with Crippen LogP contribution in [-0.2, 0) is 4.74 Å². The molecule has 1 aliphatic rings. The van der Waals surface area contributed by atoms with E-state index in [1.165, 1.54) is 6.33 Å². The SMILES string of the molecule is Cc1cc(Oc2cc(Cl)ncn2)cc2[nH]c(C3CCOC3)nc12. The Morgan fingerprint density at radius 2 is 2.22 bits per heavy atom. The summed E-state index contributed by atoms with van der Waals surface area (Å²) in [5.74, 6) is 2.41. The van der Waals surface area contributed by atoms with E-state index in [2.05, 4.69) is 15.0 Å². The van der Waals surface area contributed by atoms with E-state index >= 15 is 0 Å². The zero-order valence-electron chi connectivity index (χ0n) is 12.5. The minimum absolute atomic E-state index is 0.340. The van der Waals surface area contributed by atoms with Crippen molar-refractivity contribution in [3.05, 3.63) is 41.1 Å². The fraction of sp³-hybridized carbons (Fsp3) is 0.312.